The van der Waals surface area contributed by atoms with Crippen molar-refractivity contribution in [3.8, 4) is 97.5 Å². The van der Waals surface area contributed by atoms with Crippen LogP contribution in [0.5, 0.6) is 0 Å². The number of hydrogen-bond donors (Lipinski definition) is 0. The van der Waals surface area contributed by atoms with Crippen LogP contribution in [0.1, 0.15) is 79.0 Å². The Bertz CT molecular complexity index is 3960. The minimum absolute atomic E-state index is 0. The molecule has 0 radical (unpaired) electrons. The van der Waals surface area contributed by atoms with Gasteiger partial charge in [-0.05, 0) is 207 Å². The van der Waals surface area contributed by atoms with E-state index in [0.717, 1.165) is 4.50 Å². The van der Waals surface area contributed by atoms with Crippen LogP contribution in [0.3, 0.4) is 0 Å². The zero-order valence-electron chi connectivity index (χ0n) is 53.1. The molecule has 12 heterocycles. The molecule has 0 bridgehead atoms. The molecular weight excluding hydrogens is 1380 g/mol. The Morgan fingerprint density at radius 1 is 0.278 bits per heavy atom. The third-order valence-electron chi connectivity index (χ3n) is 12.5. The second-order valence-electron chi connectivity index (χ2n) is 19.9. The average molecular weight is 1450 g/mol. The van der Waals surface area contributed by atoms with Gasteiger partial charge in [0.15, 0.2) is 0 Å². The van der Waals surface area contributed by atoms with Crippen LogP contribution in [-0.4, -0.2) is 64.1 Å². The van der Waals surface area contributed by atoms with Gasteiger partial charge in [0.2, 0.25) is 0 Å². The summed E-state index contributed by atoms with van der Waals surface area (Å²) < 4.78 is 41.2. The standard InChI is InChI=1S/C31H30O3S6Si.C25H16S6.C8H20O4Si.C4H9.Li/c1-5-32-41(33-6-2,34-7-3)31-19-18-30(40-31)29-17-16-28(39-29)27-15-14-26(38-27)25-13-12-24(37-25)23-11-10-22(36-23)21-9-8-20(4)35-21;1-15-4-5-18(27-15)19-8-9-22(29-19)23-12-13-25(31-23)24-11-10-21(30-24)20-7-6-17(28-20)16-3-2-14-26-16;1-5-9-13(10-6-2,11-7-3)12-8-4;1-4(2)3;/h8-19H,5-7H2,1-4H3;2-14H,1H3;5-8H2,1-4H3;1-3H3;/q;;;-1;+1. The van der Waals surface area contributed by atoms with Crippen LogP contribution < -0.4 is 23.4 Å². The smallest absolute Gasteiger partial charge is 0.370 e. The molecule has 0 amide bonds. The van der Waals surface area contributed by atoms with Gasteiger partial charge >= 0.3 is 36.7 Å². The van der Waals surface area contributed by atoms with Crippen molar-refractivity contribution in [1.29, 1.82) is 0 Å². The molecule has 0 aromatic carbocycles. The number of thiophene rings is 12. The molecule has 0 aliphatic heterocycles. The van der Waals surface area contributed by atoms with Crippen molar-refractivity contribution < 1.29 is 49.8 Å². The molecule has 0 aliphatic rings. The summed E-state index contributed by atoms with van der Waals surface area (Å²) in [6, 6.07) is 53.6. The molecule has 0 saturated carbocycles. The Morgan fingerprint density at radius 2 is 0.489 bits per heavy atom. The summed E-state index contributed by atoms with van der Waals surface area (Å²) in [5.74, 6) is 1.42. The fourth-order valence-electron chi connectivity index (χ4n) is 8.87. The molecule has 0 unspecified atom stereocenters. The third-order valence-corrected chi connectivity index (χ3v) is 33.3. The molecule has 12 rings (SSSR count). The molecule has 0 spiro atoms. The second-order valence-corrected chi connectivity index (χ2v) is 38.2. The van der Waals surface area contributed by atoms with Crippen LogP contribution in [0.15, 0.2) is 151 Å². The molecule has 470 valence electrons. The van der Waals surface area contributed by atoms with E-state index in [1.807, 2.05) is 162 Å². The van der Waals surface area contributed by atoms with Crippen molar-refractivity contribution in [3.63, 3.8) is 0 Å². The first-order valence-electron chi connectivity index (χ1n) is 29.6. The first-order chi connectivity index (χ1) is 43.2. The largest absolute Gasteiger partial charge is 1.00 e. The summed E-state index contributed by atoms with van der Waals surface area (Å²) >= 11 is 22.3. The summed E-state index contributed by atoms with van der Waals surface area (Å²) in [7, 11) is -5.68. The first kappa shape index (κ1) is 73.0. The Hall–Kier alpha value is -2.85. The minimum Gasteiger partial charge on any atom is -0.370 e. The van der Waals surface area contributed by atoms with Gasteiger partial charge in [0.05, 0.1) is 4.50 Å². The zero-order valence-corrected chi connectivity index (χ0v) is 64.9. The van der Waals surface area contributed by atoms with E-state index < -0.39 is 17.9 Å². The number of aryl methyl sites for hydroxylation is 2. The molecule has 0 aliphatic carbocycles. The summed E-state index contributed by atoms with van der Waals surface area (Å²) in [5.41, 5.74) is 0. The summed E-state index contributed by atoms with van der Waals surface area (Å²) in [5, 5.41) is 2.14. The summed E-state index contributed by atoms with van der Waals surface area (Å²) in [6.45, 7) is 28.1. The van der Waals surface area contributed by atoms with Crippen molar-refractivity contribution >= 4 is 158 Å². The van der Waals surface area contributed by atoms with Crippen molar-refractivity contribution in [2.45, 2.75) is 83.1 Å². The number of hydrogen-bond acceptors (Lipinski definition) is 19. The Kier molecular flexibility index (Phi) is 29.0. The molecule has 22 heteroatoms. The summed E-state index contributed by atoms with van der Waals surface area (Å²) in [4.78, 5) is 29.3. The fourth-order valence-corrected chi connectivity index (χ4v) is 26.4. The normalized spacial score (nSPS) is 11.5. The van der Waals surface area contributed by atoms with Gasteiger partial charge in [-0.2, -0.15) is 20.8 Å². The van der Waals surface area contributed by atoms with E-state index >= 15 is 0 Å². The van der Waals surface area contributed by atoms with E-state index in [0.29, 0.717) is 46.2 Å². The van der Waals surface area contributed by atoms with Crippen molar-refractivity contribution in [1.82, 2.24) is 0 Å². The van der Waals surface area contributed by atoms with E-state index in [4.69, 9.17) is 31.0 Å². The second kappa shape index (κ2) is 35.8. The molecule has 0 fully saturated rings. The molecule has 12 aromatic rings. The SMILES string of the molecule is CCO[Si](OCC)(OCC)OCC.CCO[Si](OCC)(OCC)c1ccc(-c2ccc(-c3ccc(-c4ccc(-c5ccc(-c6ccc(C)s6)s5)s4)s3)s2)s1.C[C-](C)C.Cc1ccc(-c2ccc(-c3ccc(-c4ccc(-c5ccc(-c6cccs6)s5)s4)s3)s2)s1.[Li+]. The molecule has 0 saturated heterocycles. The van der Waals surface area contributed by atoms with Crippen LogP contribution in [-0.2, 0) is 31.0 Å². The molecule has 0 atom stereocenters. The van der Waals surface area contributed by atoms with Gasteiger partial charge in [0, 0.05) is 154 Å². The van der Waals surface area contributed by atoms with Gasteiger partial charge < -0.3 is 36.9 Å². The molecule has 0 N–H and O–H groups in total. The van der Waals surface area contributed by atoms with Crippen LogP contribution in [0, 0.1) is 19.8 Å². The monoisotopic (exact) mass is 1450 g/mol. The first-order valence-corrected chi connectivity index (χ1v) is 42.8. The maximum Gasteiger partial charge on any atom is 1.00 e. The molecule has 90 heavy (non-hydrogen) atoms. The maximum absolute atomic E-state index is 6.13. The Labute approximate surface area is 595 Å². The van der Waals surface area contributed by atoms with Gasteiger partial charge in [0.25, 0.3) is 0 Å². The van der Waals surface area contributed by atoms with Gasteiger partial charge in [-0.3, -0.25) is 0 Å². The Morgan fingerprint density at radius 3 is 0.700 bits per heavy atom. The third kappa shape index (κ3) is 19.2. The topological polar surface area (TPSA) is 64.6 Å². The van der Waals surface area contributed by atoms with Crippen molar-refractivity contribution in [2.75, 3.05) is 46.2 Å². The predicted molar refractivity (Wildman–Crippen MR) is 404 cm³/mol. The van der Waals surface area contributed by atoms with Crippen LogP contribution >= 0.6 is 136 Å². The average Bonchev–Trinajstić information content (AvgIpc) is 2.32. The predicted octanol–water partition coefficient (Wildman–Crippen LogP) is 21.8. The fraction of sp³-hybridized carbons (Fsp3) is 0.279. The van der Waals surface area contributed by atoms with Crippen molar-refractivity contribution in [2.24, 2.45) is 0 Å². The van der Waals surface area contributed by atoms with E-state index in [-0.39, 0.29) is 18.9 Å². The molecule has 7 nitrogen and oxygen atoms in total. The minimum atomic E-state index is -2.89. The molecular formula is C68H75LiO7S12Si2. The molecule has 12 aromatic heterocycles. The van der Waals surface area contributed by atoms with E-state index in [1.165, 1.54) is 113 Å². The van der Waals surface area contributed by atoms with Crippen LogP contribution in [0.4, 0.5) is 0 Å². The van der Waals surface area contributed by atoms with Crippen LogP contribution in [0.2, 0.25) is 0 Å². The maximum atomic E-state index is 6.13. The zero-order chi connectivity index (χ0) is 62.9. The van der Waals surface area contributed by atoms with E-state index in [9.17, 15) is 0 Å². The van der Waals surface area contributed by atoms with Gasteiger partial charge in [-0.15, -0.1) is 136 Å². The number of rotatable bonds is 25. The van der Waals surface area contributed by atoms with Crippen LogP contribution in [0.25, 0.3) is 97.5 Å². The van der Waals surface area contributed by atoms with E-state index in [1.54, 1.807) is 22.7 Å². The van der Waals surface area contributed by atoms with Gasteiger partial charge in [0.1, 0.15) is 0 Å². The van der Waals surface area contributed by atoms with Crippen molar-refractivity contribution in [3.05, 3.63) is 167 Å². The van der Waals surface area contributed by atoms with Gasteiger partial charge in [-0.1, -0.05) is 6.07 Å². The Balaban J connectivity index is 0.000000187. The quantitative estimate of drug-likeness (QED) is 0.0417. The van der Waals surface area contributed by atoms with Gasteiger partial charge in [-0.25, -0.2) is 0 Å². The van der Waals surface area contributed by atoms with E-state index in [2.05, 4.69) is 186 Å². The summed E-state index contributed by atoms with van der Waals surface area (Å²) in [6.07, 6.45) is 0.